The molecule has 9 heteroatoms. The third kappa shape index (κ3) is 4.35. The average Bonchev–Trinajstić information content (AvgIpc) is 3.10. The molecule has 4 aromatic rings. The van der Waals surface area contributed by atoms with Gasteiger partial charge in [-0.3, -0.25) is 9.78 Å². The molecule has 1 aromatic carbocycles. The van der Waals surface area contributed by atoms with Crippen LogP contribution in [0.4, 0.5) is 11.6 Å². The number of hydrogen-bond donors (Lipinski definition) is 2. The first kappa shape index (κ1) is 23.3. The van der Waals surface area contributed by atoms with E-state index in [2.05, 4.69) is 54.0 Å². The summed E-state index contributed by atoms with van der Waals surface area (Å²) in [6.07, 6.45) is 5.93. The number of nitrogens with zero attached hydrogens (tertiary/aromatic N) is 5. The van der Waals surface area contributed by atoms with Gasteiger partial charge in [0.25, 0.3) is 5.56 Å². The van der Waals surface area contributed by atoms with Crippen molar-refractivity contribution in [1.82, 2.24) is 29.6 Å². The number of rotatable bonds is 5. The molecule has 1 aliphatic heterocycles. The summed E-state index contributed by atoms with van der Waals surface area (Å²) in [5.41, 5.74) is 5.05. The van der Waals surface area contributed by atoms with E-state index < -0.39 is 0 Å². The summed E-state index contributed by atoms with van der Waals surface area (Å²) >= 11 is 6.54. The van der Waals surface area contributed by atoms with Crippen molar-refractivity contribution in [3.63, 3.8) is 0 Å². The third-order valence-corrected chi connectivity index (χ3v) is 6.49. The molecule has 3 aromatic heterocycles. The Morgan fingerprint density at radius 2 is 2.09 bits per heavy atom. The number of benzene rings is 1. The van der Waals surface area contributed by atoms with Crippen LogP contribution in [-0.4, -0.2) is 30.9 Å². The van der Waals surface area contributed by atoms with Crippen molar-refractivity contribution in [2.24, 2.45) is 0 Å². The predicted molar refractivity (Wildman–Crippen MR) is 140 cm³/mol. The van der Waals surface area contributed by atoms with Crippen LogP contribution in [0.1, 0.15) is 37.6 Å². The van der Waals surface area contributed by atoms with Crippen LogP contribution in [-0.2, 0) is 24.9 Å². The van der Waals surface area contributed by atoms with Crippen LogP contribution in [0.25, 0.3) is 16.7 Å². The second kappa shape index (κ2) is 8.94. The van der Waals surface area contributed by atoms with E-state index >= 15 is 0 Å². The lowest BCUT2D eigenvalue weighted by Crippen LogP contribution is -2.24. The van der Waals surface area contributed by atoms with Gasteiger partial charge in [-0.25, -0.2) is 14.3 Å². The van der Waals surface area contributed by atoms with Crippen LogP contribution in [0.2, 0.25) is 5.02 Å². The van der Waals surface area contributed by atoms with E-state index in [-0.39, 0.29) is 11.0 Å². The first-order chi connectivity index (χ1) is 16.8. The second-order valence-corrected chi connectivity index (χ2v) is 10.1. The molecule has 0 saturated heterocycles. The van der Waals surface area contributed by atoms with Crippen molar-refractivity contribution in [3.05, 3.63) is 81.5 Å². The second-order valence-electron chi connectivity index (χ2n) is 9.72. The lowest BCUT2D eigenvalue weighted by atomic mass is 9.91. The maximum absolute atomic E-state index is 13.2. The van der Waals surface area contributed by atoms with Gasteiger partial charge in [-0.2, -0.15) is 4.98 Å². The van der Waals surface area contributed by atoms with E-state index in [0.717, 1.165) is 42.1 Å². The minimum atomic E-state index is -0.176. The topological polar surface area (TPSA) is 89.7 Å². The Labute approximate surface area is 208 Å². The van der Waals surface area contributed by atoms with Crippen molar-refractivity contribution in [1.29, 1.82) is 0 Å². The third-order valence-electron chi connectivity index (χ3n) is 6.15. The smallest absolute Gasteiger partial charge is 0.278 e. The lowest BCUT2D eigenvalue weighted by Gasteiger charge is -2.20. The van der Waals surface area contributed by atoms with Crippen molar-refractivity contribution in [2.75, 3.05) is 11.9 Å². The van der Waals surface area contributed by atoms with Gasteiger partial charge < -0.3 is 10.6 Å². The molecule has 0 radical (unpaired) electrons. The number of aromatic nitrogens is 5. The summed E-state index contributed by atoms with van der Waals surface area (Å²) in [7, 11) is 0. The molecule has 0 fully saturated rings. The van der Waals surface area contributed by atoms with Gasteiger partial charge >= 0.3 is 0 Å². The summed E-state index contributed by atoms with van der Waals surface area (Å²) in [6.45, 7) is 12.2. The molecule has 2 N–H and O–H groups in total. The Morgan fingerprint density at radius 1 is 1.26 bits per heavy atom. The van der Waals surface area contributed by atoms with E-state index in [0.29, 0.717) is 28.5 Å². The Morgan fingerprint density at radius 3 is 2.86 bits per heavy atom. The molecule has 1 aliphatic rings. The summed E-state index contributed by atoms with van der Waals surface area (Å²) < 4.78 is 3.43. The van der Waals surface area contributed by atoms with E-state index in [1.165, 1.54) is 5.56 Å². The SMILES string of the molecule is C=CCn1c(=O)c2cnc(Nc3cc(Cl)c4c(c3)CCNC4)nc2n1-c1ccnc(C(C)(C)C)c1. The molecule has 0 atom stereocenters. The fourth-order valence-corrected chi connectivity index (χ4v) is 4.66. The monoisotopic (exact) mass is 489 g/mol. The van der Waals surface area contributed by atoms with Crippen LogP contribution in [0.3, 0.4) is 0 Å². The number of hydrogen-bond acceptors (Lipinski definition) is 6. The predicted octanol–water partition coefficient (Wildman–Crippen LogP) is 4.50. The van der Waals surface area contributed by atoms with Gasteiger partial charge in [0.15, 0.2) is 5.65 Å². The van der Waals surface area contributed by atoms with Gasteiger partial charge in [0.05, 0.1) is 12.2 Å². The van der Waals surface area contributed by atoms with Gasteiger partial charge in [0.1, 0.15) is 5.39 Å². The van der Waals surface area contributed by atoms with Gasteiger partial charge in [-0.1, -0.05) is 38.4 Å². The minimum absolute atomic E-state index is 0.147. The number of allylic oxidation sites excluding steroid dienone is 1. The zero-order valence-electron chi connectivity index (χ0n) is 20.1. The van der Waals surface area contributed by atoms with Gasteiger partial charge in [0.2, 0.25) is 5.95 Å². The van der Waals surface area contributed by atoms with Gasteiger partial charge in [-0.05, 0) is 48.4 Å². The average molecular weight is 490 g/mol. The summed E-state index contributed by atoms with van der Waals surface area (Å²) in [5, 5.41) is 7.76. The van der Waals surface area contributed by atoms with E-state index in [1.54, 1.807) is 23.2 Å². The van der Waals surface area contributed by atoms with E-state index in [4.69, 9.17) is 16.6 Å². The lowest BCUT2D eigenvalue weighted by molar-refractivity contribution is 0.563. The van der Waals surface area contributed by atoms with E-state index in [9.17, 15) is 4.79 Å². The van der Waals surface area contributed by atoms with Crippen LogP contribution in [0.15, 0.2) is 54.1 Å². The molecular formula is C26H28ClN7O. The van der Waals surface area contributed by atoms with Crippen molar-refractivity contribution in [3.8, 4) is 5.69 Å². The number of nitrogens with one attached hydrogen (secondary N) is 2. The fourth-order valence-electron chi connectivity index (χ4n) is 4.35. The van der Waals surface area contributed by atoms with Gasteiger partial charge in [0, 0.05) is 40.8 Å². The molecule has 0 spiro atoms. The molecule has 0 amide bonds. The van der Waals surface area contributed by atoms with Crippen molar-refractivity contribution < 1.29 is 0 Å². The maximum Gasteiger partial charge on any atom is 0.278 e. The first-order valence-corrected chi connectivity index (χ1v) is 12.0. The normalized spacial score (nSPS) is 13.6. The Bertz CT molecular complexity index is 1500. The highest BCUT2D eigenvalue weighted by Crippen LogP contribution is 2.29. The fraction of sp³-hybridized carbons (Fsp3) is 0.308. The molecule has 180 valence electrons. The molecule has 8 nitrogen and oxygen atoms in total. The molecule has 0 bridgehead atoms. The largest absolute Gasteiger partial charge is 0.324 e. The molecule has 0 unspecified atom stereocenters. The summed E-state index contributed by atoms with van der Waals surface area (Å²) in [5.74, 6) is 0.386. The quantitative estimate of drug-likeness (QED) is 0.401. The molecular weight excluding hydrogens is 462 g/mol. The van der Waals surface area contributed by atoms with Gasteiger partial charge in [-0.15, -0.1) is 6.58 Å². The minimum Gasteiger partial charge on any atom is -0.324 e. The molecule has 35 heavy (non-hydrogen) atoms. The molecule has 0 saturated carbocycles. The maximum atomic E-state index is 13.2. The highest BCUT2D eigenvalue weighted by atomic mass is 35.5. The Balaban J connectivity index is 1.63. The highest BCUT2D eigenvalue weighted by molar-refractivity contribution is 6.31. The van der Waals surface area contributed by atoms with Crippen LogP contribution >= 0.6 is 11.6 Å². The Kier molecular flexibility index (Phi) is 5.94. The van der Waals surface area contributed by atoms with Crippen LogP contribution in [0.5, 0.6) is 0 Å². The standard InChI is InChI=1S/C26H28ClN7O/c1-5-10-33-24(35)20-15-30-25(31-17-11-16-6-8-28-14-19(16)21(27)12-17)32-23(20)34(33)18-7-9-29-22(13-18)26(2,3)4/h5,7,9,11-13,15,28H,1,6,8,10,14H2,2-4H3,(H,30,31,32). The molecule has 4 heterocycles. The van der Waals surface area contributed by atoms with Crippen LogP contribution in [0, 0.1) is 0 Å². The zero-order chi connectivity index (χ0) is 24.7. The number of fused-ring (bicyclic) bond motifs is 2. The summed E-state index contributed by atoms with van der Waals surface area (Å²) in [6, 6.07) is 7.84. The first-order valence-electron chi connectivity index (χ1n) is 11.6. The zero-order valence-corrected chi connectivity index (χ0v) is 20.9. The number of pyridine rings is 1. The van der Waals surface area contributed by atoms with E-state index in [1.807, 2.05) is 22.9 Å². The Hall–Kier alpha value is -3.49. The van der Waals surface area contributed by atoms with Crippen molar-refractivity contribution in [2.45, 2.75) is 45.7 Å². The highest BCUT2D eigenvalue weighted by Gasteiger charge is 2.21. The number of anilines is 2. The summed E-state index contributed by atoms with van der Waals surface area (Å²) in [4.78, 5) is 26.9. The molecule has 5 rings (SSSR count). The molecule has 0 aliphatic carbocycles. The van der Waals surface area contributed by atoms with Crippen LogP contribution < -0.4 is 16.2 Å². The number of halogens is 1. The van der Waals surface area contributed by atoms with Crippen molar-refractivity contribution >= 4 is 34.3 Å².